The van der Waals surface area contributed by atoms with Crippen molar-refractivity contribution in [1.29, 1.82) is 0 Å². The van der Waals surface area contributed by atoms with Gasteiger partial charge < -0.3 is 0 Å². The van der Waals surface area contributed by atoms with Crippen molar-refractivity contribution in [3.05, 3.63) is 0 Å². The summed E-state index contributed by atoms with van der Waals surface area (Å²) < 4.78 is 14.0. The predicted octanol–water partition coefficient (Wildman–Crippen LogP) is 2.90. The zero-order chi connectivity index (χ0) is 9.19. The van der Waals surface area contributed by atoms with E-state index >= 15 is 0 Å². The van der Waals surface area contributed by atoms with Gasteiger partial charge in [-0.2, -0.15) is 0 Å². The van der Waals surface area contributed by atoms with Crippen LogP contribution in [0.5, 0.6) is 0 Å². The van der Waals surface area contributed by atoms with Crippen LogP contribution in [0.1, 0.15) is 39.5 Å². The van der Waals surface area contributed by atoms with Crippen LogP contribution in [0.25, 0.3) is 0 Å². The van der Waals surface area contributed by atoms with E-state index in [1.165, 1.54) is 11.9 Å². The number of hydrogen-bond donors (Lipinski definition) is 1. The fourth-order valence-corrected chi connectivity index (χ4v) is 2.29. The van der Waals surface area contributed by atoms with Gasteiger partial charge in [-0.15, -0.1) is 0 Å². The number of nitrogens with two attached hydrogens (primary N) is 1. The van der Waals surface area contributed by atoms with E-state index in [0.717, 1.165) is 12.8 Å². The molecule has 0 unspecified atom stereocenters. The van der Waals surface area contributed by atoms with Crippen molar-refractivity contribution in [3.8, 4) is 0 Å². The first-order valence-electron chi connectivity index (χ1n) is 4.63. The third-order valence-electron chi connectivity index (χ3n) is 2.99. The highest BCUT2D eigenvalue weighted by atomic mass is 32.2. The molecular formula is C9H18FNS. The fraction of sp³-hybridized carbons (Fsp3) is 1.00. The maximum atomic E-state index is 14.0. The van der Waals surface area contributed by atoms with Crippen LogP contribution in [-0.2, 0) is 0 Å². The molecule has 1 rings (SSSR count). The highest BCUT2D eigenvalue weighted by Crippen LogP contribution is 2.40. The van der Waals surface area contributed by atoms with E-state index < -0.39 is 5.67 Å². The van der Waals surface area contributed by atoms with Crippen molar-refractivity contribution in [2.45, 2.75) is 50.4 Å². The normalized spacial score (nSPS) is 37.2. The SMILES string of the molecule is CC(C)C1(F)CCC(SN)CC1. The van der Waals surface area contributed by atoms with Crippen LogP contribution in [-0.4, -0.2) is 10.9 Å². The van der Waals surface area contributed by atoms with Crippen LogP contribution < -0.4 is 5.14 Å². The standard InChI is InChI=1S/C9H18FNS/c1-7(2)9(10)5-3-8(12-11)4-6-9/h7-8H,3-6,11H2,1-2H3. The van der Waals surface area contributed by atoms with Crippen LogP contribution in [0.3, 0.4) is 0 Å². The zero-order valence-electron chi connectivity index (χ0n) is 7.85. The molecule has 1 fully saturated rings. The van der Waals surface area contributed by atoms with Gasteiger partial charge in [-0.25, -0.2) is 4.39 Å². The van der Waals surface area contributed by atoms with E-state index in [9.17, 15) is 4.39 Å². The smallest absolute Gasteiger partial charge is 0.113 e. The van der Waals surface area contributed by atoms with Gasteiger partial charge in [0.1, 0.15) is 5.67 Å². The highest BCUT2D eigenvalue weighted by molar-refractivity contribution is 7.97. The molecule has 0 aliphatic heterocycles. The van der Waals surface area contributed by atoms with Gasteiger partial charge in [0, 0.05) is 5.25 Å². The Kier molecular flexibility index (Phi) is 3.41. The van der Waals surface area contributed by atoms with Crippen LogP contribution in [0.4, 0.5) is 4.39 Å². The van der Waals surface area contributed by atoms with E-state index in [0.29, 0.717) is 18.1 Å². The summed E-state index contributed by atoms with van der Waals surface area (Å²) in [6.45, 7) is 3.94. The van der Waals surface area contributed by atoms with E-state index in [1.54, 1.807) is 0 Å². The lowest BCUT2D eigenvalue weighted by Gasteiger charge is -2.35. The molecule has 1 aliphatic rings. The minimum atomic E-state index is -0.910. The van der Waals surface area contributed by atoms with Gasteiger partial charge in [0.15, 0.2) is 0 Å². The first-order valence-corrected chi connectivity index (χ1v) is 5.57. The van der Waals surface area contributed by atoms with E-state index in [1.807, 2.05) is 13.8 Å². The molecule has 0 spiro atoms. The Morgan fingerprint density at radius 2 is 1.92 bits per heavy atom. The Balaban J connectivity index is 2.44. The van der Waals surface area contributed by atoms with Gasteiger partial charge in [-0.1, -0.05) is 25.8 Å². The molecule has 1 aliphatic carbocycles. The summed E-state index contributed by atoms with van der Waals surface area (Å²) in [6, 6.07) is 0. The van der Waals surface area contributed by atoms with Gasteiger partial charge in [0.25, 0.3) is 0 Å². The quantitative estimate of drug-likeness (QED) is 0.679. The second kappa shape index (κ2) is 3.97. The third-order valence-corrected chi connectivity index (χ3v) is 3.85. The largest absolute Gasteiger partial charge is 0.278 e. The van der Waals surface area contributed by atoms with Gasteiger partial charge in [0.2, 0.25) is 0 Å². The highest BCUT2D eigenvalue weighted by Gasteiger charge is 2.37. The lowest BCUT2D eigenvalue weighted by molar-refractivity contribution is 0.0569. The minimum Gasteiger partial charge on any atom is -0.278 e. The van der Waals surface area contributed by atoms with E-state index in [-0.39, 0.29) is 5.92 Å². The Labute approximate surface area is 78.4 Å². The van der Waals surface area contributed by atoms with Crippen molar-refractivity contribution in [2.24, 2.45) is 11.1 Å². The Hall–Kier alpha value is 0.240. The molecule has 0 aromatic heterocycles. The molecule has 0 radical (unpaired) electrons. The van der Waals surface area contributed by atoms with Crippen molar-refractivity contribution >= 4 is 11.9 Å². The Morgan fingerprint density at radius 3 is 2.25 bits per heavy atom. The van der Waals surface area contributed by atoms with Crippen molar-refractivity contribution in [1.82, 2.24) is 0 Å². The molecule has 0 heterocycles. The molecule has 0 aromatic rings. The van der Waals surface area contributed by atoms with E-state index in [4.69, 9.17) is 5.14 Å². The molecule has 0 saturated heterocycles. The van der Waals surface area contributed by atoms with Gasteiger partial charge >= 0.3 is 0 Å². The Bertz CT molecular complexity index is 141. The molecule has 1 nitrogen and oxygen atoms in total. The lowest BCUT2D eigenvalue weighted by Crippen LogP contribution is -2.35. The topological polar surface area (TPSA) is 26.0 Å². The van der Waals surface area contributed by atoms with Crippen LogP contribution in [0.15, 0.2) is 0 Å². The molecule has 0 bridgehead atoms. The second-order valence-electron chi connectivity index (χ2n) is 4.02. The molecule has 0 atom stereocenters. The average Bonchev–Trinajstić information content (AvgIpc) is 2.06. The Morgan fingerprint density at radius 1 is 1.42 bits per heavy atom. The van der Waals surface area contributed by atoms with Crippen molar-refractivity contribution in [3.63, 3.8) is 0 Å². The van der Waals surface area contributed by atoms with Crippen LogP contribution >= 0.6 is 11.9 Å². The van der Waals surface area contributed by atoms with Crippen LogP contribution in [0.2, 0.25) is 0 Å². The zero-order valence-corrected chi connectivity index (χ0v) is 8.66. The summed E-state index contributed by atoms with van der Waals surface area (Å²) in [4.78, 5) is 0. The summed E-state index contributed by atoms with van der Waals surface area (Å²) in [7, 11) is 0. The molecule has 3 heteroatoms. The first-order chi connectivity index (χ1) is 5.58. The number of halogens is 1. The fourth-order valence-electron chi connectivity index (χ4n) is 1.78. The summed E-state index contributed by atoms with van der Waals surface area (Å²) in [5.74, 6) is 0.154. The molecular weight excluding hydrogens is 173 g/mol. The van der Waals surface area contributed by atoms with Gasteiger partial charge in [-0.3, -0.25) is 5.14 Å². The summed E-state index contributed by atoms with van der Waals surface area (Å²) in [5, 5.41) is 5.96. The summed E-state index contributed by atoms with van der Waals surface area (Å²) in [6.07, 6.45) is 3.27. The monoisotopic (exact) mass is 191 g/mol. The van der Waals surface area contributed by atoms with Crippen molar-refractivity contribution < 1.29 is 4.39 Å². The molecule has 1 saturated carbocycles. The molecule has 12 heavy (non-hydrogen) atoms. The molecule has 0 amide bonds. The minimum absolute atomic E-state index is 0.154. The molecule has 0 aromatic carbocycles. The first kappa shape index (κ1) is 10.3. The summed E-state index contributed by atoms with van der Waals surface area (Å²) in [5.41, 5.74) is -0.910. The third kappa shape index (κ3) is 2.13. The molecule has 72 valence electrons. The molecule has 2 N–H and O–H groups in total. The van der Waals surface area contributed by atoms with E-state index in [2.05, 4.69) is 0 Å². The maximum absolute atomic E-state index is 14.0. The predicted molar refractivity (Wildman–Crippen MR) is 52.7 cm³/mol. The number of hydrogen-bond acceptors (Lipinski definition) is 2. The average molecular weight is 191 g/mol. The lowest BCUT2D eigenvalue weighted by atomic mass is 9.79. The number of alkyl halides is 1. The van der Waals surface area contributed by atoms with Gasteiger partial charge in [0.05, 0.1) is 0 Å². The summed E-state index contributed by atoms with van der Waals surface area (Å²) >= 11 is 1.39. The van der Waals surface area contributed by atoms with Crippen molar-refractivity contribution in [2.75, 3.05) is 0 Å². The van der Waals surface area contributed by atoms with Crippen LogP contribution in [0, 0.1) is 5.92 Å². The van der Waals surface area contributed by atoms with Gasteiger partial charge in [-0.05, 0) is 31.6 Å². The second-order valence-corrected chi connectivity index (χ2v) is 4.96. The number of rotatable bonds is 2. The maximum Gasteiger partial charge on any atom is 0.113 e.